The van der Waals surface area contributed by atoms with Crippen molar-refractivity contribution in [3.8, 4) is 0 Å². The van der Waals surface area contributed by atoms with Gasteiger partial charge < -0.3 is 14.2 Å². The Bertz CT molecular complexity index is 1190. The van der Waals surface area contributed by atoms with E-state index in [9.17, 15) is 14.4 Å². The van der Waals surface area contributed by atoms with Gasteiger partial charge in [0.1, 0.15) is 13.2 Å². The zero-order chi connectivity index (χ0) is 45.8. The van der Waals surface area contributed by atoms with Gasteiger partial charge in [-0.2, -0.15) is 0 Å². The quantitative estimate of drug-likeness (QED) is 0.0262. The average Bonchev–Trinajstić information content (AvgIpc) is 3.28. The molecule has 0 rings (SSSR count). The molecule has 0 heterocycles. The molecule has 0 radical (unpaired) electrons. The van der Waals surface area contributed by atoms with E-state index >= 15 is 0 Å². The number of carbonyl (C=O) groups excluding carboxylic acids is 3. The fourth-order valence-corrected chi connectivity index (χ4v) is 7.27. The number of allylic oxidation sites excluding steroid dienone is 12. The smallest absolute Gasteiger partial charge is 0.306 e. The van der Waals surface area contributed by atoms with Crippen LogP contribution in [0.25, 0.3) is 0 Å². The van der Waals surface area contributed by atoms with Gasteiger partial charge in [-0.1, -0.05) is 235 Å². The van der Waals surface area contributed by atoms with Crippen molar-refractivity contribution in [2.75, 3.05) is 13.2 Å². The molecule has 362 valence electrons. The molecule has 6 nitrogen and oxygen atoms in total. The summed E-state index contributed by atoms with van der Waals surface area (Å²) < 4.78 is 16.8. The van der Waals surface area contributed by atoms with Gasteiger partial charge in [-0.05, 0) is 70.6 Å². The van der Waals surface area contributed by atoms with Crippen LogP contribution in [-0.4, -0.2) is 37.2 Å². The Morgan fingerprint density at radius 1 is 0.317 bits per heavy atom. The van der Waals surface area contributed by atoms with E-state index in [0.29, 0.717) is 19.3 Å². The zero-order valence-electron chi connectivity index (χ0n) is 41.3. The average molecular weight is 879 g/mol. The first-order chi connectivity index (χ1) is 31.0. The summed E-state index contributed by atoms with van der Waals surface area (Å²) in [6.07, 6.45) is 64.5. The second-order valence-electron chi connectivity index (χ2n) is 17.6. The van der Waals surface area contributed by atoms with Gasteiger partial charge in [0.15, 0.2) is 6.10 Å². The van der Waals surface area contributed by atoms with Crippen molar-refractivity contribution in [3.63, 3.8) is 0 Å². The summed E-state index contributed by atoms with van der Waals surface area (Å²) in [6, 6.07) is 0. The van der Waals surface area contributed by atoms with E-state index in [1.165, 1.54) is 109 Å². The SMILES string of the molecule is CCCCC\C=C/C=C\C=C/C=C\CCCCCCCC(=O)OCC(COC(=O)CCCCCCCCCCC)OC(=O)CCCCCCC/C=C\C=C/CCCCCCCCC. The van der Waals surface area contributed by atoms with Crippen LogP contribution < -0.4 is 0 Å². The molecule has 6 heteroatoms. The van der Waals surface area contributed by atoms with Gasteiger partial charge in [0, 0.05) is 19.3 Å². The first-order valence-electron chi connectivity index (χ1n) is 26.5. The molecule has 0 aliphatic heterocycles. The van der Waals surface area contributed by atoms with Crippen molar-refractivity contribution in [3.05, 3.63) is 72.9 Å². The van der Waals surface area contributed by atoms with Gasteiger partial charge in [-0.15, -0.1) is 0 Å². The molecule has 0 aromatic rings. The lowest BCUT2D eigenvalue weighted by atomic mass is 10.1. The molecule has 1 atom stereocenters. The third-order valence-corrected chi connectivity index (χ3v) is 11.3. The summed E-state index contributed by atoms with van der Waals surface area (Å²) in [5.41, 5.74) is 0. The molecule has 0 aliphatic carbocycles. The Labute approximate surface area is 389 Å². The molecule has 0 saturated carbocycles. The molecule has 0 N–H and O–H groups in total. The monoisotopic (exact) mass is 879 g/mol. The minimum atomic E-state index is -0.791. The standard InChI is InChI=1S/C57H98O6/c1-4-7-10-13-16-19-21-23-25-27-29-31-33-35-38-41-44-47-50-56(59)62-53-54(52-61-55(58)49-46-43-40-37-18-15-12-9-6-3)63-57(60)51-48-45-42-39-36-34-32-30-28-26-24-22-20-17-14-11-8-5-2/h16,19,21,23,25-32,54H,4-15,17-18,20,22,24,33-53H2,1-3H3/b19-16-,23-21-,27-25-,28-26-,31-29-,32-30-. The second-order valence-corrected chi connectivity index (χ2v) is 17.6. The Kier molecular flexibility index (Phi) is 48.9. The number of hydrogen-bond donors (Lipinski definition) is 0. The van der Waals surface area contributed by atoms with Crippen LogP contribution in [0.1, 0.15) is 252 Å². The fraction of sp³-hybridized carbons (Fsp3) is 0.737. The predicted molar refractivity (Wildman–Crippen MR) is 270 cm³/mol. The van der Waals surface area contributed by atoms with Crippen LogP contribution in [0.15, 0.2) is 72.9 Å². The summed E-state index contributed by atoms with van der Waals surface area (Å²) in [5, 5.41) is 0. The third-order valence-electron chi connectivity index (χ3n) is 11.3. The molecule has 0 amide bonds. The van der Waals surface area contributed by atoms with Gasteiger partial charge in [-0.3, -0.25) is 14.4 Å². The van der Waals surface area contributed by atoms with E-state index in [1.54, 1.807) is 0 Å². The summed E-state index contributed by atoms with van der Waals surface area (Å²) in [6.45, 7) is 6.55. The van der Waals surface area contributed by atoms with Gasteiger partial charge >= 0.3 is 17.9 Å². The number of esters is 3. The summed E-state index contributed by atoms with van der Waals surface area (Å²) in [4.78, 5) is 37.9. The number of unbranched alkanes of at least 4 members (excludes halogenated alkanes) is 28. The van der Waals surface area contributed by atoms with Gasteiger partial charge in [-0.25, -0.2) is 0 Å². The molecular formula is C57H98O6. The Morgan fingerprint density at radius 3 is 0.937 bits per heavy atom. The fourth-order valence-electron chi connectivity index (χ4n) is 7.27. The molecule has 0 saturated heterocycles. The maximum atomic E-state index is 12.8. The molecule has 0 aliphatic rings. The maximum Gasteiger partial charge on any atom is 0.306 e. The first kappa shape index (κ1) is 59.9. The summed E-state index contributed by atoms with van der Waals surface area (Å²) in [7, 11) is 0. The van der Waals surface area contributed by atoms with E-state index in [4.69, 9.17) is 14.2 Å². The highest BCUT2D eigenvalue weighted by Crippen LogP contribution is 2.14. The first-order valence-corrected chi connectivity index (χ1v) is 26.5. The van der Waals surface area contributed by atoms with Crippen LogP contribution in [0.4, 0.5) is 0 Å². The van der Waals surface area contributed by atoms with E-state index in [-0.39, 0.29) is 31.1 Å². The minimum Gasteiger partial charge on any atom is -0.462 e. The van der Waals surface area contributed by atoms with Crippen LogP contribution in [-0.2, 0) is 28.6 Å². The van der Waals surface area contributed by atoms with Crippen LogP contribution in [0.3, 0.4) is 0 Å². The van der Waals surface area contributed by atoms with Crippen LogP contribution in [0.2, 0.25) is 0 Å². The molecular weight excluding hydrogens is 781 g/mol. The van der Waals surface area contributed by atoms with Crippen molar-refractivity contribution in [2.45, 2.75) is 258 Å². The van der Waals surface area contributed by atoms with Crippen LogP contribution in [0, 0.1) is 0 Å². The van der Waals surface area contributed by atoms with Crippen molar-refractivity contribution in [1.82, 2.24) is 0 Å². The second kappa shape index (κ2) is 51.5. The Morgan fingerprint density at radius 2 is 0.571 bits per heavy atom. The highest BCUT2D eigenvalue weighted by molar-refractivity contribution is 5.71. The van der Waals surface area contributed by atoms with Gasteiger partial charge in [0.25, 0.3) is 0 Å². The molecule has 63 heavy (non-hydrogen) atoms. The molecule has 0 bridgehead atoms. The Hall–Kier alpha value is -3.15. The van der Waals surface area contributed by atoms with Crippen molar-refractivity contribution in [2.24, 2.45) is 0 Å². The van der Waals surface area contributed by atoms with Crippen molar-refractivity contribution < 1.29 is 28.6 Å². The van der Waals surface area contributed by atoms with E-state index in [2.05, 4.69) is 93.7 Å². The van der Waals surface area contributed by atoms with Crippen LogP contribution >= 0.6 is 0 Å². The number of hydrogen-bond acceptors (Lipinski definition) is 6. The predicted octanol–water partition coefficient (Wildman–Crippen LogP) is 17.4. The summed E-state index contributed by atoms with van der Waals surface area (Å²) >= 11 is 0. The molecule has 1 unspecified atom stereocenters. The molecule has 0 aromatic carbocycles. The number of ether oxygens (including phenoxy) is 3. The number of rotatable bonds is 47. The minimum absolute atomic E-state index is 0.0887. The van der Waals surface area contributed by atoms with E-state index < -0.39 is 6.10 Å². The maximum absolute atomic E-state index is 12.8. The highest BCUT2D eigenvalue weighted by atomic mass is 16.6. The van der Waals surface area contributed by atoms with Crippen molar-refractivity contribution in [1.29, 1.82) is 0 Å². The normalized spacial score (nSPS) is 12.6. The Balaban J connectivity index is 4.40. The molecule has 0 spiro atoms. The van der Waals surface area contributed by atoms with Gasteiger partial charge in [0.2, 0.25) is 0 Å². The lowest BCUT2D eigenvalue weighted by Crippen LogP contribution is -2.30. The lowest BCUT2D eigenvalue weighted by Gasteiger charge is -2.18. The molecule has 0 aromatic heterocycles. The third kappa shape index (κ3) is 49.7. The summed E-state index contributed by atoms with van der Waals surface area (Å²) in [5.74, 6) is -0.927. The van der Waals surface area contributed by atoms with E-state index in [0.717, 1.165) is 103 Å². The van der Waals surface area contributed by atoms with Crippen LogP contribution in [0.5, 0.6) is 0 Å². The number of carbonyl (C=O) groups is 3. The highest BCUT2D eigenvalue weighted by Gasteiger charge is 2.19. The molecule has 0 fully saturated rings. The van der Waals surface area contributed by atoms with Crippen molar-refractivity contribution >= 4 is 17.9 Å². The lowest BCUT2D eigenvalue weighted by molar-refractivity contribution is -0.167. The largest absolute Gasteiger partial charge is 0.462 e. The van der Waals surface area contributed by atoms with Gasteiger partial charge in [0.05, 0.1) is 0 Å². The zero-order valence-corrected chi connectivity index (χ0v) is 41.3. The van der Waals surface area contributed by atoms with E-state index in [1.807, 2.05) is 0 Å². The topological polar surface area (TPSA) is 78.9 Å².